The van der Waals surface area contributed by atoms with Crippen molar-refractivity contribution in [2.24, 2.45) is 10.9 Å². The summed E-state index contributed by atoms with van der Waals surface area (Å²) in [6.07, 6.45) is 4.41. The number of rotatable bonds is 8. The van der Waals surface area contributed by atoms with Crippen molar-refractivity contribution in [3.63, 3.8) is 0 Å². The van der Waals surface area contributed by atoms with Gasteiger partial charge in [0.2, 0.25) is 11.9 Å². The third kappa shape index (κ3) is 7.24. The van der Waals surface area contributed by atoms with E-state index in [-0.39, 0.29) is 37.4 Å². The predicted octanol–water partition coefficient (Wildman–Crippen LogP) is 6.90. The summed E-state index contributed by atoms with van der Waals surface area (Å²) in [5.74, 6) is 0.0527. The van der Waals surface area contributed by atoms with Crippen LogP contribution in [0.3, 0.4) is 0 Å². The number of hydrogen-bond donors (Lipinski definition) is 4. The van der Waals surface area contributed by atoms with Crippen LogP contribution in [0.15, 0.2) is 77.9 Å². The number of anilines is 3. The van der Waals surface area contributed by atoms with Gasteiger partial charge in [-0.3, -0.25) is 15.2 Å². The fraction of sp³-hybridized carbons (Fsp3) is 0.286. The van der Waals surface area contributed by atoms with Crippen molar-refractivity contribution in [2.45, 2.75) is 39.3 Å². The minimum Gasteiger partial charge on any atom is -0.378 e. The van der Waals surface area contributed by atoms with Gasteiger partial charge in [0.15, 0.2) is 0 Å². The first kappa shape index (κ1) is 32.7. The van der Waals surface area contributed by atoms with Gasteiger partial charge in [0, 0.05) is 56.8 Å². The molecule has 11 heteroatoms. The molecule has 3 aromatic carbocycles. The van der Waals surface area contributed by atoms with E-state index >= 15 is 0 Å². The van der Waals surface area contributed by atoms with Crippen LogP contribution in [0.5, 0.6) is 0 Å². The highest BCUT2D eigenvalue weighted by Gasteiger charge is 2.31. The van der Waals surface area contributed by atoms with Crippen molar-refractivity contribution >= 4 is 46.4 Å². The SMILES string of the molecule is C.CN(C)C1CCC(C(=O)NC(=N)CNc2ccc(Nc3ncc4c(n3)-c3ccc(Cl)cc3C(c3ccccc3F)=NC4)cc2)C1. The highest BCUT2D eigenvalue weighted by atomic mass is 35.5. The van der Waals surface area contributed by atoms with Crippen LogP contribution in [-0.4, -0.2) is 59.0 Å². The Morgan fingerprint density at radius 2 is 1.78 bits per heavy atom. The number of nitrogens with zero attached hydrogens (tertiary/aromatic N) is 4. The summed E-state index contributed by atoms with van der Waals surface area (Å²) in [6, 6.07) is 20.0. The molecule has 0 bridgehead atoms. The molecule has 2 heterocycles. The van der Waals surface area contributed by atoms with Gasteiger partial charge in [-0.05, 0) is 81.9 Å². The molecule has 1 aliphatic heterocycles. The molecule has 1 aliphatic carbocycles. The van der Waals surface area contributed by atoms with Gasteiger partial charge < -0.3 is 20.9 Å². The van der Waals surface area contributed by atoms with Gasteiger partial charge in [0.1, 0.15) is 11.7 Å². The van der Waals surface area contributed by atoms with Crippen LogP contribution in [-0.2, 0) is 11.3 Å². The standard InChI is InChI=1S/C34H34ClFN8O.CH4/c1-44(2)25-13-7-20(15-25)33(45)42-30(37)19-38-23-9-11-24(12-10-23)41-34-40-18-21-17-39-32(27-5-3-4-6-29(27)36)28-16-22(35)8-14-26(28)31(21)43-34;/h3-6,8-12,14,16,18,20,25,38H,7,13,15,17,19H2,1-2H3,(H2,37,42,45)(H,40,41,43);1H4. The van der Waals surface area contributed by atoms with Gasteiger partial charge in [-0.15, -0.1) is 0 Å². The van der Waals surface area contributed by atoms with Crippen molar-refractivity contribution in [2.75, 3.05) is 31.3 Å². The number of nitrogens with one attached hydrogen (secondary N) is 4. The molecular formula is C35H38ClFN8O. The van der Waals surface area contributed by atoms with Gasteiger partial charge in [0.25, 0.3) is 0 Å². The van der Waals surface area contributed by atoms with E-state index in [2.05, 4.69) is 25.8 Å². The van der Waals surface area contributed by atoms with Crippen molar-refractivity contribution in [1.29, 1.82) is 5.41 Å². The zero-order chi connectivity index (χ0) is 31.5. The minimum absolute atomic E-state index is 0. The molecule has 2 atom stereocenters. The second-order valence-corrected chi connectivity index (χ2v) is 12.0. The molecule has 1 amide bonds. The number of hydrogen-bond acceptors (Lipinski definition) is 8. The first-order valence-electron chi connectivity index (χ1n) is 14.9. The minimum atomic E-state index is -0.358. The molecule has 6 rings (SSSR count). The molecule has 4 aromatic rings. The summed E-state index contributed by atoms with van der Waals surface area (Å²) in [6.45, 7) is 0.495. The van der Waals surface area contributed by atoms with Gasteiger partial charge >= 0.3 is 0 Å². The third-order valence-corrected chi connectivity index (χ3v) is 8.52. The molecule has 2 aliphatic rings. The summed E-state index contributed by atoms with van der Waals surface area (Å²) in [7, 11) is 4.07. The average molecular weight is 641 g/mol. The lowest BCUT2D eigenvalue weighted by Gasteiger charge is -2.18. The molecule has 46 heavy (non-hydrogen) atoms. The number of amides is 1. The van der Waals surface area contributed by atoms with E-state index < -0.39 is 0 Å². The number of amidine groups is 1. The molecule has 2 unspecified atom stereocenters. The third-order valence-electron chi connectivity index (χ3n) is 8.28. The molecule has 0 spiro atoms. The average Bonchev–Trinajstić information content (AvgIpc) is 3.48. The Hall–Kier alpha value is -4.67. The van der Waals surface area contributed by atoms with Crippen LogP contribution < -0.4 is 16.0 Å². The van der Waals surface area contributed by atoms with Crippen molar-refractivity contribution < 1.29 is 9.18 Å². The van der Waals surface area contributed by atoms with Gasteiger partial charge in [-0.2, -0.15) is 0 Å². The van der Waals surface area contributed by atoms with Gasteiger partial charge in [0.05, 0.1) is 24.5 Å². The number of halogens is 2. The van der Waals surface area contributed by atoms with E-state index in [1.807, 2.05) is 44.4 Å². The summed E-state index contributed by atoms with van der Waals surface area (Å²) in [5, 5.41) is 17.9. The van der Waals surface area contributed by atoms with Crippen molar-refractivity contribution in [3.8, 4) is 11.3 Å². The van der Waals surface area contributed by atoms with Gasteiger partial charge in [-0.25, -0.2) is 14.4 Å². The van der Waals surface area contributed by atoms with Crippen LogP contribution in [0.25, 0.3) is 11.3 Å². The lowest BCUT2D eigenvalue weighted by atomic mass is 9.95. The van der Waals surface area contributed by atoms with Crippen molar-refractivity contribution in [1.82, 2.24) is 20.2 Å². The monoisotopic (exact) mass is 640 g/mol. The topological polar surface area (TPSA) is 118 Å². The second kappa shape index (κ2) is 14.2. The van der Waals surface area contributed by atoms with Crippen LogP contribution in [0.1, 0.15) is 43.4 Å². The molecule has 1 aromatic heterocycles. The predicted molar refractivity (Wildman–Crippen MR) is 184 cm³/mol. The number of fused-ring (bicyclic) bond motifs is 3. The Morgan fingerprint density at radius 1 is 1.02 bits per heavy atom. The Labute approximate surface area is 273 Å². The number of carbonyl (C=O) groups is 1. The van der Waals surface area contributed by atoms with E-state index in [0.717, 1.165) is 41.8 Å². The fourth-order valence-electron chi connectivity index (χ4n) is 5.82. The summed E-state index contributed by atoms with van der Waals surface area (Å²) < 4.78 is 14.8. The number of aliphatic imine (C=N–C) groups is 1. The second-order valence-electron chi connectivity index (χ2n) is 11.6. The van der Waals surface area contributed by atoms with Crippen LogP contribution in [0.2, 0.25) is 5.02 Å². The van der Waals surface area contributed by atoms with Crippen LogP contribution in [0.4, 0.5) is 21.7 Å². The Bertz CT molecular complexity index is 1780. The zero-order valence-electron chi connectivity index (χ0n) is 25.1. The van der Waals surface area contributed by atoms with E-state index in [0.29, 0.717) is 46.1 Å². The molecule has 1 saturated carbocycles. The first-order valence-corrected chi connectivity index (χ1v) is 15.2. The maximum atomic E-state index is 14.8. The maximum Gasteiger partial charge on any atom is 0.228 e. The highest BCUT2D eigenvalue weighted by molar-refractivity contribution is 6.31. The molecule has 4 N–H and O–H groups in total. The van der Waals surface area contributed by atoms with E-state index in [9.17, 15) is 9.18 Å². The smallest absolute Gasteiger partial charge is 0.228 e. The van der Waals surface area contributed by atoms with E-state index in [1.165, 1.54) is 6.07 Å². The van der Waals surface area contributed by atoms with Crippen molar-refractivity contribution in [3.05, 3.63) is 100 Å². The van der Waals surface area contributed by atoms with Crippen LogP contribution in [0, 0.1) is 17.1 Å². The Kier molecular flexibility index (Phi) is 10.1. The normalized spacial score (nSPS) is 16.8. The lowest BCUT2D eigenvalue weighted by Crippen LogP contribution is -2.38. The molecule has 9 nitrogen and oxygen atoms in total. The molecule has 238 valence electrons. The Balaban J connectivity index is 0.00000417. The fourth-order valence-corrected chi connectivity index (χ4v) is 5.99. The number of benzene rings is 3. The first-order chi connectivity index (χ1) is 21.7. The molecule has 0 radical (unpaired) electrons. The summed E-state index contributed by atoms with van der Waals surface area (Å²) in [4.78, 5) is 28.8. The van der Waals surface area contributed by atoms with E-state index in [4.69, 9.17) is 27.0 Å². The summed E-state index contributed by atoms with van der Waals surface area (Å²) >= 11 is 6.37. The quantitative estimate of drug-likeness (QED) is 0.123. The summed E-state index contributed by atoms with van der Waals surface area (Å²) in [5.41, 5.74) is 5.50. The Morgan fingerprint density at radius 3 is 2.52 bits per heavy atom. The maximum absolute atomic E-state index is 14.8. The zero-order valence-corrected chi connectivity index (χ0v) is 25.8. The molecular weight excluding hydrogens is 603 g/mol. The molecule has 1 fully saturated rings. The number of carbonyl (C=O) groups excluding carboxylic acids is 1. The van der Waals surface area contributed by atoms with Crippen LogP contribution >= 0.6 is 11.6 Å². The van der Waals surface area contributed by atoms with E-state index in [1.54, 1.807) is 36.5 Å². The van der Waals surface area contributed by atoms with Gasteiger partial charge in [-0.1, -0.05) is 37.2 Å². The largest absolute Gasteiger partial charge is 0.378 e. The highest BCUT2D eigenvalue weighted by Crippen LogP contribution is 2.34. The number of aromatic nitrogens is 2. The molecule has 0 saturated heterocycles. The lowest BCUT2D eigenvalue weighted by molar-refractivity contribution is -0.123.